The fourth-order valence-corrected chi connectivity index (χ4v) is 5.68. The summed E-state index contributed by atoms with van der Waals surface area (Å²) < 4.78 is 5.02. The van der Waals surface area contributed by atoms with Gasteiger partial charge >= 0.3 is 0 Å². The molecule has 0 bridgehead atoms. The zero-order valence-corrected chi connectivity index (χ0v) is 22.1. The van der Waals surface area contributed by atoms with E-state index in [4.69, 9.17) is 0 Å². The van der Waals surface area contributed by atoms with Gasteiger partial charge in [0.1, 0.15) is 12.1 Å². The number of amides is 2. The number of benzene rings is 1. The van der Waals surface area contributed by atoms with Gasteiger partial charge in [-0.25, -0.2) is 0 Å². The first-order valence-corrected chi connectivity index (χ1v) is 13.2. The van der Waals surface area contributed by atoms with E-state index < -0.39 is 18.2 Å². The number of carbonyl (C=O) groups excluding carboxylic acids is 2. The predicted molar refractivity (Wildman–Crippen MR) is 138 cm³/mol. The van der Waals surface area contributed by atoms with Crippen LogP contribution in [0.25, 0.3) is 10.9 Å². The molecule has 35 heavy (non-hydrogen) atoms. The maximum Gasteiger partial charge on any atom is 0.248 e. The summed E-state index contributed by atoms with van der Waals surface area (Å²) in [7, 11) is 0. The van der Waals surface area contributed by atoms with Crippen molar-refractivity contribution in [3.05, 3.63) is 46.8 Å². The SMILES string of the molecule is CC(C)(C)C(C(=O)N1CC(O)CC1C(=O)NCCn1ccc2c(Br)cccc21)n1cc(C2CC2)[nH]1. The van der Waals surface area contributed by atoms with Gasteiger partial charge in [0.25, 0.3) is 0 Å². The standard InChI is InChI=1S/C26H34BrN5O3/c1-26(2,3)23(32-15-20(29-32)16-7-8-16)25(35)31-14-17(33)13-22(31)24(34)28-10-12-30-11-9-18-19(27)5-4-6-21(18)30/h4-6,9,11,15-17,22-23,29,33H,7-8,10,12-14H2,1-3H3,(H,28,34). The molecule has 1 saturated carbocycles. The summed E-state index contributed by atoms with van der Waals surface area (Å²) in [6, 6.07) is 6.96. The van der Waals surface area contributed by atoms with Gasteiger partial charge in [-0.3, -0.25) is 14.3 Å². The van der Waals surface area contributed by atoms with Gasteiger partial charge in [0.05, 0.1) is 11.8 Å². The molecule has 3 heterocycles. The molecule has 5 rings (SSSR count). The first kappa shape index (κ1) is 24.2. The number of rotatable bonds is 7. The van der Waals surface area contributed by atoms with Crippen molar-refractivity contribution in [2.24, 2.45) is 5.41 Å². The number of H-pyrrole nitrogens is 1. The molecule has 3 atom stereocenters. The van der Waals surface area contributed by atoms with Crippen molar-refractivity contribution in [1.29, 1.82) is 0 Å². The Hall–Kier alpha value is -2.52. The second kappa shape index (κ2) is 9.17. The molecule has 0 radical (unpaired) electrons. The van der Waals surface area contributed by atoms with Gasteiger partial charge in [0.15, 0.2) is 0 Å². The van der Waals surface area contributed by atoms with E-state index in [2.05, 4.69) is 43.0 Å². The number of aromatic nitrogens is 3. The molecular weight excluding hydrogens is 510 g/mol. The summed E-state index contributed by atoms with van der Waals surface area (Å²) in [6.07, 6.45) is 5.98. The fraction of sp³-hybridized carbons (Fsp3) is 0.538. The number of hydrogen-bond acceptors (Lipinski definition) is 3. The predicted octanol–water partition coefficient (Wildman–Crippen LogP) is 3.78. The highest BCUT2D eigenvalue weighted by molar-refractivity contribution is 9.10. The van der Waals surface area contributed by atoms with Crippen LogP contribution < -0.4 is 5.32 Å². The molecule has 2 aliphatic rings. The van der Waals surface area contributed by atoms with Gasteiger partial charge in [-0.1, -0.05) is 42.8 Å². The maximum absolute atomic E-state index is 13.7. The van der Waals surface area contributed by atoms with E-state index >= 15 is 0 Å². The molecule has 1 aromatic carbocycles. The number of β-amino-alcohol motifs (C(OH)–C–C–N with tert-alkyl or cyclic N) is 1. The highest BCUT2D eigenvalue weighted by Crippen LogP contribution is 2.42. The van der Waals surface area contributed by atoms with E-state index in [1.165, 1.54) is 18.5 Å². The maximum atomic E-state index is 13.7. The highest BCUT2D eigenvalue weighted by Gasteiger charge is 2.45. The van der Waals surface area contributed by atoms with Crippen molar-refractivity contribution in [2.75, 3.05) is 13.1 Å². The van der Waals surface area contributed by atoms with Crippen LogP contribution in [-0.4, -0.2) is 61.4 Å². The molecule has 2 aromatic heterocycles. The van der Waals surface area contributed by atoms with Gasteiger partial charge in [-0.15, -0.1) is 0 Å². The third-order valence-electron chi connectivity index (χ3n) is 7.16. The largest absolute Gasteiger partial charge is 0.391 e. The smallest absolute Gasteiger partial charge is 0.248 e. The Balaban J connectivity index is 1.26. The molecule has 188 valence electrons. The minimum Gasteiger partial charge on any atom is -0.391 e. The second-order valence-corrected chi connectivity index (χ2v) is 11.9. The molecule has 2 fully saturated rings. The lowest BCUT2D eigenvalue weighted by atomic mass is 9.85. The molecule has 1 aliphatic carbocycles. The Labute approximate surface area is 213 Å². The Morgan fingerprint density at radius 3 is 2.69 bits per heavy atom. The van der Waals surface area contributed by atoms with Crippen LogP contribution in [0.3, 0.4) is 0 Å². The zero-order chi connectivity index (χ0) is 24.9. The quantitative estimate of drug-likeness (QED) is 0.423. The van der Waals surface area contributed by atoms with E-state index in [1.54, 1.807) is 4.90 Å². The van der Waals surface area contributed by atoms with Crippen LogP contribution >= 0.6 is 15.9 Å². The van der Waals surface area contributed by atoms with Gasteiger partial charge < -0.3 is 25.0 Å². The summed E-state index contributed by atoms with van der Waals surface area (Å²) in [5, 5.41) is 17.9. The van der Waals surface area contributed by atoms with Crippen LogP contribution in [0.15, 0.2) is 41.1 Å². The number of aliphatic hydroxyl groups excluding tert-OH is 1. The second-order valence-electron chi connectivity index (χ2n) is 11.0. The van der Waals surface area contributed by atoms with Crippen molar-refractivity contribution in [3.8, 4) is 0 Å². The van der Waals surface area contributed by atoms with E-state index in [-0.39, 0.29) is 30.2 Å². The molecule has 8 nitrogen and oxygen atoms in total. The van der Waals surface area contributed by atoms with E-state index in [1.807, 2.05) is 50.0 Å². The third kappa shape index (κ3) is 4.80. The van der Waals surface area contributed by atoms with E-state index in [0.717, 1.165) is 15.4 Å². The summed E-state index contributed by atoms with van der Waals surface area (Å²) in [5.41, 5.74) is 1.93. The highest BCUT2D eigenvalue weighted by atomic mass is 79.9. The Morgan fingerprint density at radius 2 is 2.00 bits per heavy atom. The molecule has 3 aromatic rings. The summed E-state index contributed by atoms with van der Waals surface area (Å²) in [4.78, 5) is 28.5. The van der Waals surface area contributed by atoms with Crippen LogP contribution in [0, 0.1) is 5.41 Å². The first-order valence-electron chi connectivity index (χ1n) is 12.4. The van der Waals surface area contributed by atoms with Crippen LogP contribution in [0.4, 0.5) is 0 Å². The molecule has 9 heteroatoms. The Bertz CT molecular complexity index is 1220. The van der Waals surface area contributed by atoms with Crippen molar-refractivity contribution in [2.45, 2.75) is 70.7 Å². The lowest BCUT2D eigenvalue weighted by Crippen LogP contribution is -2.51. The number of hydrogen-bond donors (Lipinski definition) is 3. The monoisotopic (exact) mass is 543 g/mol. The molecular formula is C26H34BrN5O3. The summed E-state index contributed by atoms with van der Waals surface area (Å²) in [6.45, 7) is 7.32. The fourth-order valence-electron chi connectivity index (χ4n) is 5.19. The van der Waals surface area contributed by atoms with Crippen LogP contribution in [0.2, 0.25) is 0 Å². The average molecular weight is 544 g/mol. The number of aliphatic hydroxyl groups is 1. The summed E-state index contributed by atoms with van der Waals surface area (Å²) >= 11 is 3.57. The van der Waals surface area contributed by atoms with E-state index in [0.29, 0.717) is 19.0 Å². The molecule has 1 saturated heterocycles. The minimum atomic E-state index is -0.706. The molecule has 2 amide bonds. The molecule has 3 unspecified atom stereocenters. The average Bonchev–Trinajstić information content (AvgIpc) is 3.38. The van der Waals surface area contributed by atoms with Gasteiger partial charge in [-0.2, -0.15) is 0 Å². The third-order valence-corrected chi connectivity index (χ3v) is 7.85. The molecule has 3 N–H and O–H groups in total. The Kier molecular flexibility index (Phi) is 6.34. The van der Waals surface area contributed by atoms with Crippen molar-refractivity contribution < 1.29 is 14.7 Å². The molecule has 1 aliphatic heterocycles. The van der Waals surface area contributed by atoms with Gasteiger partial charge in [0, 0.05) is 59.7 Å². The van der Waals surface area contributed by atoms with Gasteiger partial charge in [0.2, 0.25) is 11.8 Å². The van der Waals surface area contributed by atoms with Crippen LogP contribution in [-0.2, 0) is 16.1 Å². The topological polar surface area (TPSA) is 95.3 Å². The number of nitrogens with one attached hydrogen (secondary N) is 2. The number of nitrogens with zero attached hydrogens (tertiary/aromatic N) is 3. The van der Waals surface area contributed by atoms with E-state index in [9.17, 15) is 14.7 Å². The van der Waals surface area contributed by atoms with Crippen molar-refractivity contribution in [3.63, 3.8) is 0 Å². The number of aromatic amines is 1. The first-order chi connectivity index (χ1) is 16.6. The lowest BCUT2D eigenvalue weighted by molar-refractivity contribution is -0.144. The van der Waals surface area contributed by atoms with Gasteiger partial charge in [-0.05, 0) is 36.5 Å². The van der Waals surface area contributed by atoms with Crippen LogP contribution in [0.1, 0.15) is 57.7 Å². The van der Waals surface area contributed by atoms with Crippen molar-refractivity contribution in [1.82, 2.24) is 24.6 Å². The normalized spacial score (nSPS) is 21.6. The van der Waals surface area contributed by atoms with Crippen molar-refractivity contribution >= 4 is 38.6 Å². The van der Waals surface area contributed by atoms with Crippen LogP contribution in [0.5, 0.6) is 0 Å². The number of carbonyl (C=O) groups is 2. The number of halogens is 1. The molecule has 0 spiro atoms. The lowest BCUT2D eigenvalue weighted by Gasteiger charge is -2.37. The number of fused-ring (bicyclic) bond motifs is 1. The summed E-state index contributed by atoms with van der Waals surface area (Å²) in [5.74, 6) is 0.243. The minimum absolute atomic E-state index is 0.131. The Morgan fingerprint density at radius 1 is 1.26 bits per heavy atom. The number of likely N-dealkylation sites (tertiary alicyclic amines) is 1. The zero-order valence-electron chi connectivity index (χ0n) is 20.5.